The highest BCUT2D eigenvalue weighted by atomic mass is 32.2. The summed E-state index contributed by atoms with van der Waals surface area (Å²) >= 11 is 1.66. The molecule has 3 aliphatic heterocycles. The van der Waals surface area contributed by atoms with Crippen molar-refractivity contribution in [1.82, 2.24) is 10.2 Å². The van der Waals surface area contributed by atoms with Gasteiger partial charge in [0.15, 0.2) is 0 Å². The van der Waals surface area contributed by atoms with Gasteiger partial charge in [-0.15, -0.1) is 11.8 Å². The fraction of sp³-hybridized carbons (Fsp3) is 0.654. The average Bonchev–Trinajstić information content (AvgIpc) is 3.39. The van der Waals surface area contributed by atoms with Crippen molar-refractivity contribution < 1.29 is 19.5 Å². The highest BCUT2D eigenvalue weighted by Gasteiger charge is 2.76. The highest BCUT2D eigenvalue weighted by molar-refractivity contribution is 8.02. The lowest BCUT2D eigenvalue weighted by Gasteiger charge is -2.40. The highest BCUT2D eigenvalue weighted by Crippen LogP contribution is 2.68. The first-order valence-electron chi connectivity index (χ1n) is 12.6. The van der Waals surface area contributed by atoms with Gasteiger partial charge in [-0.2, -0.15) is 0 Å². The van der Waals surface area contributed by atoms with Crippen LogP contribution in [-0.4, -0.2) is 62.5 Å². The van der Waals surface area contributed by atoms with Gasteiger partial charge in [0, 0.05) is 17.0 Å². The van der Waals surface area contributed by atoms with Crippen molar-refractivity contribution >= 4 is 35.2 Å². The zero-order valence-electron chi connectivity index (χ0n) is 20.5. The van der Waals surface area contributed by atoms with E-state index in [-0.39, 0.29) is 41.5 Å². The molecule has 8 heteroatoms. The number of aliphatic hydroxyl groups is 1. The minimum Gasteiger partial charge on any atom is -0.394 e. The van der Waals surface area contributed by atoms with Crippen LogP contribution in [0.3, 0.4) is 0 Å². The molecule has 0 aliphatic carbocycles. The quantitative estimate of drug-likeness (QED) is 0.497. The van der Waals surface area contributed by atoms with Gasteiger partial charge in [0.25, 0.3) is 0 Å². The molecule has 4 rings (SSSR count). The number of carbonyl (C=O) groups excluding carboxylic acids is 3. The van der Waals surface area contributed by atoms with Gasteiger partial charge in [-0.1, -0.05) is 45.4 Å². The van der Waals surface area contributed by atoms with Crippen molar-refractivity contribution in [2.75, 3.05) is 11.9 Å². The third kappa shape index (κ3) is 3.92. The lowest BCUT2D eigenvalue weighted by Crippen LogP contribution is -2.59. The number of para-hydroxylation sites is 1. The summed E-state index contributed by atoms with van der Waals surface area (Å²) in [4.78, 5) is 42.9. The van der Waals surface area contributed by atoms with Crippen molar-refractivity contribution in [3.05, 3.63) is 30.3 Å². The Morgan fingerprint density at radius 3 is 2.56 bits per heavy atom. The molecule has 1 aromatic rings. The van der Waals surface area contributed by atoms with Crippen LogP contribution in [0.25, 0.3) is 0 Å². The van der Waals surface area contributed by atoms with E-state index in [1.54, 1.807) is 16.7 Å². The SMILES string of the molecule is CCCC(C)NC(=O)C1N([C@@H](CC)CO)C(=O)[C@@H]2[C@H](C(=O)Nc3ccccc3)[C@@H]3CC(C)C12S3. The van der Waals surface area contributed by atoms with Crippen LogP contribution in [0.1, 0.15) is 53.4 Å². The third-order valence-electron chi connectivity index (χ3n) is 7.96. The minimum absolute atomic E-state index is 0.00445. The molecular weight excluding hydrogens is 450 g/mol. The van der Waals surface area contributed by atoms with Crippen LogP contribution in [0.15, 0.2) is 30.3 Å². The number of aliphatic hydroxyl groups excluding tert-OH is 1. The molecule has 186 valence electrons. The molecule has 3 N–H and O–H groups in total. The van der Waals surface area contributed by atoms with Gasteiger partial charge in [-0.05, 0) is 44.2 Å². The molecule has 0 radical (unpaired) electrons. The van der Waals surface area contributed by atoms with Crippen LogP contribution in [0.2, 0.25) is 0 Å². The average molecular weight is 488 g/mol. The zero-order valence-corrected chi connectivity index (χ0v) is 21.3. The van der Waals surface area contributed by atoms with Crippen LogP contribution in [0.4, 0.5) is 5.69 Å². The van der Waals surface area contributed by atoms with E-state index in [4.69, 9.17) is 0 Å². The molecular formula is C26H37N3O4S. The zero-order chi connectivity index (χ0) is 24.6. The smallest absolute Gasteiger partial charge is 0.244 e. The van der Waals surface area contributed by atoms with Crippen molar-refractivity contribution in [2.24, 2.45) is 17.8 Å². The number of nitrogens with zero attached hydrogens (tertiary/aromatic N) is 1. The molecule has 0 saturated carbocycles. The van der Waals surface area contributed by atoms with Crippen LogP contribution >= 0.6 is 11.8 Å². The number of hydrogen-bond acceptors (Lipinski definition) is 5. The maximum absolute atomic E-state index is 14.0. The van der Waals surface area contributed by atoms with Crippen molar-refractivity contribution in [3.8, 4) is 0 Å². The number of thioether (sulfide) groups is 1. The monoisotopic (exact) mass is 487 g/mol. The Labute approximate surface area is 206 Å². The Hall–Kier alpha value is -2.06. The van der Waals surface area contributed by atoms with E-state index >= 15 is 0 Å². The number of anilines is 1. The third-order valence-corrected chi connectivity index (χ3v) is 10.0. The van der Waals surface area contributed by atoms with Gasteiger partial charge in [0.1, 0.15) is 6.04 Å². The molecule has 1 spiro atoms. The molecule has 3 saturated heterocycles. The second-order valence-corrected chi connectivity index (χ2v) is 11.6. The van der Waals surface area contributed by atoms with Crippen LogP contribution in [0.5, 0.6) is 0 Å². The molecule has 3 heterocycles. The maximum atomic E-state index is 14.0. The molecule has 8 atom stereocenters. The number of likely N-dealkylation sites (tertiary alicyclic amines) is 1. The molecule has 2 bridgehead atoms. The molecule has 1 aromatic carbocycles. The van der Waals surface area contributed by atoms with Crippen LogP contribution < -0.4 is 10.6 Å². The molecule has 3 fully saturated rings. The lowest BCUT2D eigenvalue weighted by atomic mass is 9.65. The normalized spacial score (nSPS) is 33.5. The van der Waals surface area contributed by atoms with Crippen molar-refractivity contribution in [2.45, 2.75) is 81.5 Å². The number of benzene rings is 1. The van der Waals surface area contributed by atoms with E-state index in [1.165, 1.54) is 0 Å². The first-order valence-corrected chi connectivity index (χ1v) is 13.4. The van der Waals surface area contributed by atoms with Gasteiger partial charge >= 0.3 is 0 Å². The second kappa shape index (κ2) is 9.90. The lowest BCUT2D eigenvalue weighted by molar-refractivity contribution is -0.142. The van der Waals surface area contributed by atoms with Gasteiger partial charge in [0.05, 0.1) is 29.2 Å². The fourth-order valence-electron chi connectivity index (χ4n) is 6.44. The maximum Gasteiger partial charge on any atom is 0.244 e. The Morgan fingerprint density at radius 1 is 1.24 bits per heavy atom. The van der Waals surface area contributed by atoms with Crippen molar-refractivity contribution in [1.29, 1.82) is 0 Å². The van der Waals surface area contributed by atoms with Gasteiger partial charge in [-0.25, -0.2) is 0 Å². The summed E-state index contributed by atoms with van der Waals surface area (Å²) in [5.41, 5.74) is 0.703. The summed E-state index contributed by atoms with van der Waals surface area (Å²) < 4.78 is -0.668. The largest absolute Gasteiger partial charge is 0.394 e. The van der Waals surface area contributed by atoms with E-state index in [1.807, 2.05) is 44.2 Å². The number of rotatable bonds is 9. The van der Waals surface area contributed by atoms with Gasteiger partial charge < -0.3 is 20.6 Å². The number of amides is 3. The number of nitrogens with one attached hydrogen (secondary N) is 2. The molecule has 34 heavy (non-hydrogen) atoms. The van der Waals surface area contributed by atoms with Crippen LogP contribution in [-0.2, 0) is 14.4 Å². The van der Waals surface area contributed by atoms with Crippen molar-refractivity contribution in [3.63, 3.8) is 0 Å². The Bertz CT molecular complexity index is 924. The minimum atomic E-state index is -0.694. The van der Waals surface area contributed by atoms with Gasteiger partial charge in [-0.3, -0.25) is 14.4 Å². The summed E-state index contributed by atoms with van der Waals surface area (Å²) in [6, 6.07) is 8.14. The van der Waals surface area contributed by atoms with Gasteiger partial charge in [0.2, 0.25) is 17.7 Å². The summed E-state index contributed by atoms with van der Waals surface area (Å²) in [5.74, 6) is -1.46. The van der Waals surface area contributed by atoms with E-state index in [0.717, 1.165) is 19.3 Å². The predicted molar refractivity (Wildman–Crippen MR) is 134 cm³/mol. The molecule has 4 unspecified atom stereocenters. The summed E-state index contributed by atoms with van der Waals surface area (Å²) in [6.45, 7) is 7.89. The Morgan fingerprint density at radius 2 is 1.94 bits per heavy atom. The summed E-state index contributed by atoms with van der Waals surface area (Å²) in [6.07, 6.45) is 3.14. The summed E-state index contributed by atoms with van der Waals surface area (Å²) in [7, 11) is 0. The molecule has 3 amide bonds. The number of carbonyl (C=O) groups is 3. The van der Waals surface area contributed by atoms with Crippen LogP contribution in [0, 0.1) is 17.8 Å². The molecule has 7 nitrogen and oxygen atoms in total. The topological polar surface area (TPSA) is 98.7 Å². The standard InChI is InChI=1S/C26H37N3O4S/c1-5-10-16(4)27-24(32)22-26-15(3)13-19(34-26)20(23(31)28-17-11-8-7-9-12-17)21(26)25(33)29(22)18(6-2)14-30/h7-9,11-12,15-16,18-22,30H,5-6,10,13-14H2,1-4H3,(H,27,32)(H,28,31)/t15?,16?,18-,19-,20+,21-,22?,26?/m0/s1. The molecule has 3 aliphatic rings. The fourth-order valence-corrected chi connectivity index (χ4v) is 8.85. The first kappa shape index (κ1) is 25.0. The van der Waals surface area contributed by atoms with E-state index in [2.05, 4.69) is 24.5 Å². The van der Waals surface area contributed by atoms with E-state index in [0.29, 0.717) is 12.1 Å². The first-order chi connectivity index (χ1) is 16.3. The van der Waals surface area contributed by atoms with E-state index < -0.39 is 28.7 Å². The van der Waals surface area contributed by atoms with E-state index in [9.17, 15) is 19.5 Å². The molecule has 0 aromatic heterocycles. The number of hydrogen-bond donors (Lipinski definition) is 3. The Kier molecular flexibility index (Phi) is 7.29. The predicted octanol–water partition coefficient (Wildman–Crippen LogP) is 3.04. The number of fused-ring (bicyclic) bond motifs is 1. The summed E-state index contributed by atoms with van der Waals surface area (Å²) in [5, 5.41) is 16.3. The Balaban J connectivity index is 1.72. The second-order valence-electron chi connectivity index (χ2n) is 10.1.